The van der Waals surface area contributed by atoms with Crippen LogP contribution in [0.3, 0.4) is 0 Å². The summed E-state index contributed by atoms with van der Waals surface area (Å²) in [5.41, 5.74) is 0. The first-order valence-electron chi connectivity index (χ1n) is 3.99. The lowest BCUT2D eigenvalue weighted by Crippen LogP contribution is -3.00. The molecule has 0 aromatic carbocycles. The average molecular weight is 189 g/mol. The summed E-state index contributed by atoms with van der Waals surface area (Å²) in [6, 6.07) is 4.13. The summed E-state index contributed by atoms with van der Waals surface area (Å²) in [5.74, 6) is 0. The Morgan fingerprint density at radius 1 is 1.08 bits per heavy atom. The predicted molar refractivity (Wildman–Crippen MR) is 47.3 cm³/mol. The van der Waals surface area contributed by atoms with E-state index in [-0.39, 0.29) is 12.4 Å². The van der Waals surface area contributed by atoms with Crippen molar-refractivity contribution in [2.24, 2.45) is 0 Å². The van der Waals surface area contributed by atoms with E-state index >= 15 is 0 Å². The number of nitrogens with zero attached hydrogens (tertiary/aromatic N) is 2. The molecule has 12 heavy (non-hydrogen) atoms. The first-order valence-corrected chi connectivity index (χ1v) is 3.99. The number of aromatic nitrogens is 1. The van der Waals surface area contributed by atoms with E-state index < -0.39 is 0 Å². The molecule has 1 aromatic rings. The van der Waals surface area contributed by atoms with Crippen LogP contribution in [0.15, 0.2) is 24.5 Å². The van der Waals surface area contributed by atoms with Gasteiger partial charge in [0.15, 0.2) is 0 Å². The van der Waals surface area contributed by atoms with Crippen LogP contribution in [0.25, 0.3) is 0 Å². The zero-order chi connectivity index (χ0) is 8.32. The number of likely N-dealkylation sites (N-methyl/N-ethyl adjacent to an activating group) is 1. The summed E-state index contributed by atoms with van der Waals surface area (Å²) in [6.07, 6.45) is 4.21. The lowest BCUT2D eigenvalue weighted by molar-refractivity contribution is -0.871. The number of halogens is 1. The molecule has 0 aliphatic heterocycles. The number of hydrogen-bond donors (Lipinski definition) is 0. The van der Waals surface area contributed by atoms with E-state index in [1.54, 1.807) is 0 Å². The van der Waals surface area contributed by atoms with Crippen molar-refractivity contribution in [3.8, 4) is 0 Å². The van der Waals surface area contributed by atoms with Crippen molar-refractivity contribution in [3.05, 3.63) is 24.5 Å². The van der Waals surface area contributed by atoms with Gasteiger partial charge in [-0.15, -0.1) is 0 Å². The van der Waals surface area contributed by atoms with Crippen LogP contribution < -0.4 is 12.4 Å². The van der Waals surface area contributed by atoms with Crippen molar-refractivity contribution in [1.82, 2.24) is 4.57 Å². The monoisotopic (exact) mass is 188 g/mol. The highest BCUT2D eigenvalue weighted by Gasteiger charge is 2.05. The van der Waals surface area contributed by atoms with Gasteiger partial charge < -0.3 is 21.5 Å². The molecule has 2 nitrogen and oxygen atoms in total. The van der Waals surface area contributed by atoms with Crippen molar-refractivity contribution >= 4 is 0 Å². The van der Waals surface area contributed by atoms with E-state index in [0.717, 1.165) is 11.0 Å². The van der Waals surface area contributed by atoms with E-state index in [2.05, 4.69) is 50.2 Å². The van der Waals surface area contributed by atoms with Crippen molar-refractivity contribution < 1.29 is 16.9 Å². The van der Waals surface area contributed by atoms with Crippen LogP contribution in [0.2, 0.25) is 0 Å². The Morgan fingerprint density at radius 2 is 1.58 bits per heavy atom. The van der Waals surface area contributed by atoms with Gasteiger partial charge in [0.05, 0.1) is 34.2 Å². The van der Waals surface area contributed by atoms with Crippen LogP contribution in [0, 0.1) is 0 Å². The zero-order valence-electron chi connectivity index (χ0n) is 8.00. The first kappa shape index (κ1) is 11.5. The summed E-state index contributed by atoms with van der Waals surface area (Å²) in [4.78, 5) is 0. The summed E-state index contributed by atoms with van der Waals surface area (Å²) in [5, 5.41) is 0. The maximum Gasteiger partial charge on any atom is 0.0962 e. The Hall–Kier alpha value is -0.470. The van der Waals surface area contributed by atoms with E-state index in [9.17, 15) is 0 Å². The average Bonchev–Trinajstić information content (AvgIpc) is 2.32. The third-order valence-corrected chi connectivity index (χ3v) is 1.70. The smallest absolute Gasteiger partial charge is 0.0962 e. The van der Waals surface area contributed by atoms with Gasteiger partial charge in [0.2, 0.25) is 0 Å². The van der Waals surface area contributed by atoms with Gasteiger partial charge in [-0.2, -0.15) is 0 Å². The van der Waals surface area contributed by atoms with E-state index in [4.69, 9.17) is 0 Å². The minimum Gasteiger partial charge on any atom is -1.00 e. The first-order chi connectivity index (χ1) is 5.08. The van der Waals surface area contributed by atoms with Gasteiger partial charge >= 0.3 is 0 Å². The third kappa shape index (κ3) is 4.42. The maximum absolute atomic E-state index is 2.21. The second kappa shape index (κ2) is 4.53. The van der Waals surface area contributed by atoms with Crippen LogP contribution in [0.4, 0.5) is 0 Å². The van der Waals surface area contributed by atoms with Gasteiger partial charge in [0.1, 0.15) is 0 Å². The van der Waals surface area contributed by atoms with Crippen LogP contribution in [-0.4, -0.2) is 36.7 Å². The highest BCUT2D eigenvalue weighted by Crippen LogP contribution is 1.94. The topological polar surface area (TPSA) is 4.93 Å². The van der Waals surface area contributed by atoms with Crippen LogP contribution in [0.1, 0.15) is 0 Å². The molecule has 0 radical (unpaired) electrons. The standard InChI is InChI=1S/C9H17N2.ClH/c1-11(2,3)9-8-10-6-4-5-7-10;/h4-7H,8-9H2,1-3H3;1H/q+1;/p-1. The van der Waals surface area contributed by atoms with Crippen molar-refractivity contribution in [1.29, 1.82) is 0 Å². The van der Waals surface area contributed by atoms with Crippen LogP contribution in [-0.2, 0) is 6.54 Å². The van der Waals surface area contributed by atoms with E-state index in [1.165, 1.54) is 6.54 Å². The molecular formula is C9H17ClN2. The third-order valence-electron chi connectivity index (χ3n) is 1.70. The molecule has 0 atom stereocenters. The molecule has 0 amide bonds. The summed E-state index contributed by atoms with van der Waals surface area (Å²) in [6.45, 7) is 2.28. The van der Waals surface area contributed by atoms with Gasteiger partial charge in [-0.1, -0.05) is 0 Å². The Morgan fingerprint density at radius 3 is 2.00 bits per heavy atom. The fourth-order valence-electron chi connectivity index (χ4n) is 0.935. The molecule has 1 rings (SSSR count). The molecule has 0 aliphatic carbocycles. The summed E-state index contributed by atoms with van der Waals surface area (Å²) < 4.78 is 3.24. The number of rotatable bonds is 3. The summed E-state index contributed by atoms with van der Waals surface area (Å²) in [7, 11) is 6.64. The Balaban J connectivity index is 0.00000121. The Bertz CT molecular complexity index is 199. The fraction of sp³-hybridized carbons (Fsp3) is 0.556. The molecule has 0 spiro atoms. The maximum atomic E-state index is 2.21. The van der Waals surface area contributed by atoms with Crippen LogP contribution in [0.5, 0.6) is 0 Å². The van der Waals surface area contributed by atoms with Gasteiger partial charge in [0.25, 0.3) is 0 Å². The fourth-order valence-corrected chi connectivity index (χ4v) is 0.935. The molecule has 3 heteroatoms. The van der Waals surface area contributed by atoms with Gasteiger partial charge in [-0.3, -0.25) is 0 Å². The molecule has 0 fully saturated rings. The highest BCUT2D eigenvalue weighted by atomic mass is 35.5. The second-order valence-electron chi connectivity index (χ2n) is 3.93. The van der Waals surface area contributed by atoms with Crippen molar-refractivity contribution in [2.75, 3.05) is 27.7 Å². The lowest BCUT2D eigenvalue weighted by atomic mass is 10.5. The molecule has 1 heterocycles. The molecule has 0 saturated heterocycles. The molecular weight excluding hydrogens is 172 g/mol. The molecule has 0 bridgehead atoms. The minimum absolute atomic E-state index is 0. The Labute approximate surface area is 80.8 Å². The largest absolute Gasteiger partial charge is 1.00 e. The zero-order valence-corrected chi connectivity index (χ0v) is 8.75. The second-order valence-corrected chi connectivity index (χ2v) is 3.93. The summed E-state index contributed by atoms with van der Waals surface area (Å²) >= 11 is 0. The van der Waals surface area contributed by atoms with Crippen molar-refractivity contribution in [3.63, 3.8) is 0 Å². The Kier molecular flexibility index (Phi) is 4.35. The molecule has 0 aliphatic rings. The lowest BCUT2D eigenvalue weighted by Gasteiger charge is -2.23. The van der Waals surface area contributed by atoms with E-state index in [0.29, 0.717) is 0 Å². The number of hydrogen-bond acceptors (Lipinski definition) is 0. The highest BCUT2D eigenvalue weighted by molar-refractivity contribution is 4.89. The minimum atomic E-state index is 0. The molecule has 0 unspecified atom stereocenters. The molecule has 70 valence electrons. The van der Waals surface area contributed by atoms with Crippen LogP contribution >= 0.6 is 0 Å². The van der Waals surface area contributed by atoms with Gasteiger partial charge in [0, 0.05) is 12.4 Å². The normalized spacial score (nSPS) is 10.9. The molecule has 0 saturated carbocycles. The molecule has 0 N–H and O–H groups in total. The molecule has 1 aromatic heterocycles. The van der Waals surface area contributed by atoms with Gasteiger partial charge in [-0.05, 0) is 12.1 Å². The SMILES string of the molecule is C[N+](C)(C)CCn1cccc1.[Cl-]. The number of quaternary nitrogens is 1. The predicted octanol–water partition coefficient (Wildman–Crippen LogP) is -1.80. The van der Waals surface area contributed by atoms with Crippen molar-refractivity contribution in [2.45, 2.75) is 6.54 Å². The van der Waals surface area contributed by atoms with Gasteiger partial charge in [-0.25, -0.2) is 0 Å². The quantitative estimate of drug-likeness (QED) is 0.494. The van der Waals surface area contributed by atoms with E-state index in [1.807, 2.05) is 0 Å².